The normalized spacial score (nSPS) is 11.4. The maximum absolute atomic E-state index is 14.0. The summed E-state index contributed by atoms with van der Waals surface area (Å²) in [5, 5.41) is 20.3. The van der Waals surface area contributed by atoms with E-state index in [1.165, 1.54) is 34.1 Å². The molecule has 0 atom stereocenters. The van der Waals surface area contributed by atoms with Crippen LogP contribution < -0.4 is 0 Å². The Kier molecular flexibility index (Phi) is 3.21. The van der Waals surface area contributed by atoms with Crippen LogP contribution in [0.5, 0.6) is 0 Å². The fourth-order valence-electron chi connectivity index (χ4n) is 1.98. The monoisotopic (exact) mass is 398 g/mol. The van der Waals surface area contributed by atoms with Crippen LogP contribution in [0.2, 0.25) is 5.02 Å². The second kappa shape index (κ2) is 5.11. The molecule has 0 aliphatic heterocycles. The highest BCUT2D eigenvalue weighted by molar-refractivity contribution is 9.10. The molecule has 4 rings (SSSR count). The zero-order valence-corrected chi connectivity index (χ0v) is 13.7. The van der Waals surface area contributed by atoms with Crippen LogP contribution in [0, 0.1) is 5.82 Å². The van der Waals surface area contributed by atoms with Crippen LogP contribution >= 0.6 is 38.9 Å². The summed E-state index contributed by atoms with van der Waals surface area (Å²) in [4.78, 5) is 0.547. The van der Waals surface area contributed by atoms with Crippen LogP contribution in [0.3, 0.4) is 0 Å². The number of H-pyrrole nitrogens is 1. The van der Waals surface area contributed by atoms with Crippen molar-refractivity contribution in [2.45, 2.75) is 0 Å². The Bertz CT molecular complexity index is 993. The third-order valence-corrected chi connectivity index (χ3v) is 4.72. The van der Waals surface area contributed by atoms with Gasteiger partial charge in [0.05, 0.1) is 16.2 Å². The van der Waals surface area contributed by atoms with Crippen LogP contribution in [-0.4, -0.2) is 30.0 Å². The van der Waals surface area contributed by atoms with Gasteiger partial charge in [0, 0.05) is 5.02 Å². The standard InChI is InChI=1S/C12H5BrClFN6S/c13-7-4-16-17-9(7)11-20-21-10(18-19-12(21)22-11)6-3-5(14)1-2-8(6)15/h1-4H,(H,16,17). The molecule has 4 aromatic rings. The molecule has 3 aromatic heterocycles. The van der Waals surface area contributed by atoms with Crippen molar-refractivity contribution < 1.29 is 4.39 Å². The first-order valence-corrected chi connectivity index (χ1v) is 7.99. The number of rotatable bonds is 2. The van der Waals surface area contributed by atoms with Crippen molar-refractivity contribution in [3.05, 3.63) is 39.7 Å². The van der Waals surface area contributed by atoms with Gasteiger partial charge in [0.1, 0.15) is 11.5 Å². The second-order valence-corrected chi connectivity index (χ2v) is 6.59. The summed E-state index contributed by atoms with van der Waals surface area (Å²) in [7, 11) is 0. The van der Waals surface area contributed by atoms with E-state index in [0.29, 0.717) is 20.8 Å². The van der Waals surface area contributed by atoms with Crippen LogP contribution in [0.1, 0.15) is 0 Å². The lowest BCUT2D eigenvalue weighted by molar-refractivity contribution is 0.629. The highest BCUT2D eigenvalue weighted by Crippen LogP contribution is 2.32. The lowest BCUT2D eigenvalue weighted by Crippen LogP contribution is -1.94. The van der Waals surface area contributed by atoms with Gasteiger partial charge in [0.15, 0.2) is 10.8 Å². The molecule has 0 amide bonds. The van der Waals surface area contributed by atoms with E-state index in [9.17, 15) is 4.39 Å². The van der Waals surface area contributed by atoms with E-state index in [1.807, 2.05) is 0 Å². The van der Waals surface area contributed by atoms with Gasteiger partial charge in [-0.25, -0.2) is 4.39 Å². The average molecular weight is 400 g/mol. The number of hydrogen-bond donors (Lipinski definition) is 1. The van der Waals surface area contributed by atoms with Crippen LogP contribution in [0.25, 0.3) is 27.1 Å². The van der Waals surface area contributed by atoms with Crippen molar-refractivity contribution in [3.63, 3.8) is 0 Å². The highest BCUT2D eigenvalue weighted by atomic mass is 79.9. The summed E-state index contributed by atoms with van der Waals surface area (Å²) in [6.45, 7) is 0. The number of nitrogens with one attached hydrogen (secondary N) is 1. The third-order valence-electron chi connectivity index (χ3n) is 2.97. The SMILES string of the molecule is Fc1ccc(Cl)cc1-c1nnc2sc(-c3[nH]ncc3Br)nn12. The first-order chi connectivity index (χ1) is 10.6. The van der Waals surface area contributed by atoms with Gasteiger partial charge in [-0.3, -0.25) is 5.10 Å². The van der Waals surface area contributed by atoms with E-state index in [2.05, 4.69) is 41.4 Å². The lowest BCUT2D eigenvalue weighted by Gasteiger charge is -2.00. The molecular formula is C12H5BrClFN6S. The Morgan fingerprint density at radius 1 is 1.32 bits per heavy atom. The van der Waals surface area contributed by atoms with Crippen LogP contribution in [-0.2, 0) is 0 Å². The van der Waals surface area contributed by atoms with Crippen molar-refractivity contribution >= 4 is 43.8 Å². The molecule has 0 unspecified atom stereocenters. The maximum Gasteiger partial charge on any atom is 0.235 e. The molecule has 22 heavy (non-hydrogen) atoms. The number of nitrogens with zero attached hydrogens (tertiary/aromatic N) is 5. The predicted octanol–water partition coefficient (Wildman–Crippen LogP) is 3.80. The molecule has 110 valence electrons. The average Bonchev–Trinajstić information content (AvgIpc) is 3.16. The molecule has 10 heteroatoms. The molecular weight excluding hydrogens is 395 g/mol. The first kappa shape index (κ1) is 13.8. The summed E-state index contributed by atoms with van der Waals surface area (Å²) >= 11 is 10.6. The van der Waals surface area contributed by atoms with E-state index in [0.717, 1.165) is 10.2 Å². The second-order valence-electron chi connectivity index (χ2n) is 4.34. The van der Waals surface area contributed by atoms with Crippen molar-refractivity contribution in [2.24, 2.45) is 0 Å². The zero-order chi connectivity index (χ0) is 15.3. The number of fused-ring (bicyclic) bond motifs is 1. The summed E-state index contributed by atoms with van der Waals surface area (Å²) in [5.74, 6) is -0.135. The van der Waals surface area contributed by atoms with Gasteiger partial charge in [-0.2, -0.15) is 14.7 Å². The van der Waals surface area contributed by atoms with Gasteiger partial charge in [-0.15, -0.1) is 10.2 Å². The lowest BCUT2D eigenvalue weighted by atomic mass is 10.2. The number of halogens is 3. The largest absolute Gasteiger partial charge is 0.274 e. The van der Waals surface area contributed by atoms with Crippen molar-refractivity contribution in [1.82, 2.24) is 30.0 Å². The summed E-state index contributed by atoms with van der Waals surface area (Å²) in [5.41, 5.74) is 0.980. The van der Waals surface area contributed by atoms with Crippen molar-refractivity contribution in [3.8, 4) is 22.1 Å². The Morgan fingerprint density at radius 2 is 2.18 bits per heavy atom. The third kappa shape index (κ3) is 2.13. The fourth-order valence-corrected chi connectivity index (χ4v) is 3.51. The number of benzene rings is 1. The maximum atomic E-state index is 14.0. The smallest absolute Gasteiger partial charge is 0.235 e. The Hall–Kier alpha value is -1.84. The molecule has 0 bridgehead atoms. The Labute approximate surface area is 140 Å². The Balaban J connectivity index is 1.91. The summed E-state index contributed by atoms with van der Waals surface area (Å²) < 4.78 is 16.3. The molecule has 1 aromatic carbocycles. The number of aromatic amines is 1. The summed E-state index contributed by atoms with van der Waals surface area (Å²) in [6.07, 6.45) is 1.63. The van der Waals surface area contributed by atoms with Crippen LogP contribution in [0.15, 0.2) is 28.9 Å². The molecule has 6 nitrogen and oxygen atoms in total. The van der Waals surface area contributed by atoms with Gasteiger partial charge in [-0.1, -0.05) is 22.9 Å². The van der Waals surface area contributed by atoms with E-state index in [-0.39, 0.29) is 5.56 Å². The van der Waals surface area contributed by atoms with Gasteiger partial charge >= 0.3 is 0 Å². The molecule has 1 N–H and O–H groups in total. The van der Waals surface area contributed by atoms with Crippen molar-refractivity contribution in [1.29, 1.82) is 0 Å². The fraction of sp³-hybridized carbons (Fsp3) is 0. The summed E-state index contributed by atoms with van der Waals surface area (Å²) in [6, 6.07) is 4.27. The van der Waals surface area contributed by atoms with E-state index < -0.39 is 5.82 Å². The first-order valence-electron chi connectivity index (χ1n) is 6.00. The quantitative estimate of drug-likeness (QED) is 0.556. The molecule has 3 heterocycles. The molecule has 0 fully saturated rings. The molecule has 0 spiro atoms. The van der Waals surface area contributed by atoms with E-state index >= 15 is 0 Å². The Morgan fingerprint density at radius 3 is 2.95 bits per heavy atom. The van der Waals surface area contributed by atoms with Gasteiger partial charge < -0.3 is 0 Å². The molecule has 0 aliphatic carbocycles. The minimum absolute atomic E-state index is 0.250. The van der Waals surface area contributed by atoms with Crippen molar-refractivity contribution in [2.75, 3.05) is 0 Å². The van der Waals surface area contributed by atoms with Gasteiger partial charge in [0.2, 0.25) is 4.96 Å². The van der Waals surface area contributed by atoms with Crippen LogP contribution in [0.4, 0.5) is 4.39 Å². The molecule has 0 radical (unpaired) electrons. The van der Waals surface area contributed by atoms with Gasteiger partial charge in [-0.05, 0) is 34.1 Å². The number of hydrogen-bond acceptors (Lipinski definition) is 5. The minimum Gasteiger partial charge on any atom is -0.274 e. The molecule has 0 saturated heterocycles. The zero-order valence-electron chi connectivity index (χ0n) is 10.6. The number of aromatic nitrogens is 6. The van der Waals surface area contributed by atoms with E-state index in [1.54, 1.807) is 6.20 Å². The highest BCUT2D eigenvalue weighted by Gasteiger charge is 2.19. The molecule has 0 aliphatic rings. The van der Waals surface area contributed by atoms with E-state index in [4.69, 9.17) is 11.6 Å². The predicted molar refractivity (Wildman–Crippen MR) is 84.3 cm³/mol. The van der Waals surface area contributed by atoms with Gasteiger partial charge in [0.25, 0.3) is 0 Å². The minimum atomic E-state index is -0.434. The topological polar surface area (TPSA) is 71.8 Å². The molecule has 0 saturated carbocycles.